The van der Waals surface area contributed by atoms with E-state index >= 15 is 0 Å². The molecule has 1 saturated heterocycles. The van der Waals surface area contributed by atoms with E-state index in [1.54, 1.807) is 7.11 Å². The summed E-state index contributed by atoms with van der Waals surface area (Å²) < 4.78 is 11.4. The molecule has 1 unspecified atom stereocenters. The van der Waals surface area contributed by atoms with Crippen molar-refractivity contribution in [1.82, 2.24) is 10.2 Å². The highest BCUT2D eigenvalue weighted by Crippen LogP contribution is 2.31. The van der Waals surface area contributed by atoms with Gasteiger partial charge in [-0.2, -0.15) is 0 Å². The summed E-state index contributed by atoms with van der Waals surface area (Å²) >= 11 is 0. The maximum atomic E-state index is 12.8. The lowest BCUT2D eigenvalue weighted by Crippen LogP contribution is -2.46. The molecule has 1 heterocycles. The standard InChI is InChI=1S/C25H40N2O4/c1-7-8-9-16-31-21-11-10-20(17-22(21)30-6)18(2)26-23(28)19-12-14-27(15-13-19)24(29)25(3,4)5/h10-11,17-19H,7-9,12-16H2,1-6H3,(H,26,28). The number of piperidine rings is 1. The summed E-state index contributed by atoms with van der Waals surface area (Å²) in [6, 6.07) is 5.70. The smallest absolute Gasteiger partial charge is 0.227 e. The first-order chi connectivity index (χ1) is 14.7. The lowest BCUT2D eigenvalue weighted by Gasteiger charge is -2.35. The van der Waals surface area contributed by atoms with E-state index in [2.05, 4.69) is 12.2 Å². The van der Waals surface area contributed by atoms with Crippen LogP contribution in [0.3, 0.4) is 0 Å². The molecule has 2 amide bonds. The quantitative estimate of drug-likeness (QED) is 0.573. The minimum absolute atomic E-state index is 0.0502. The van der Waals surface area contributed by atoms with Crippen molar-refractivity contribution in [2.75, 3.05) is 26.8 Å². The summed E-state index contributed by atoms with van der Waals surface area (Å²) in [4.78, 5) is 27.1. The summed E-state index contributed by atoms with van der Waals surface area (Å²) in [5, 5.41) is 3.13. The molecule has 1 fully saturated rings. The number of rotatable bonds is 9. The van der Waals surface area contributed by atoms with Gasteiger partial charge in [-0.05, 0) is 43.9 Å². The van der Waals surface area contributed by atoms with Crippen LogP contribution in [-0.4, -0.2) is 43.5 Å². The van der Waals surface area contributed by atoms with Crippen molar-refractivity contribution in [3.8, 4) is 11.5 Å². The lowest BCUT2D eigenvalue weighted by molar-refractivity contribution is -0.142. The molecule has 0 saturated carbocycles. The number of unbranched alkanes of at least 4 members (excludes halogenated alkanes) is 2. The zero-order chi connectivity index (χ0) is 23.0. The van der Waals surface area contributed by atoms with Gasteiger partial charge < -0.3 is 19.7 Å². The summed E-state index contributed by atoms with van der Waals surface area (Å²) in [7, 11) is 1.63. The second-order valence-corrected chi connectivity index (χ2v) is 9.51. The lowest BCUT2D eigenvalue weighted by atomic mass is 9.90. The molecule has 1 aromatic carbocycles. The summed E-state index contributed by atoms with van der Waals surface area (Å²) in [6.45, 7) is 11.9. The van der Waals surface area contributed by atoms with Gasteiger partial charge in [0.2, 0.25) is 11.8 Å². The van der Waals surface area contributed by atoms with Crippen LogP contribution in [0.4, 0.5) is 0 Å². The average Bonchev–Trinajstić information content (AvgIpc) is 2.75. The average molecular weight is 433 g/mol. The monoisotopic (exact) mass is 432 g/mol. The number of ether oxygens (including phenoxy) is 2. The van der Waals surface area contributed by atoms with Crippen molar-refractivity contribution in [3.63, 3.8) is 0 Å². The number of hydrogen-bond acceptors (Lipinski definition) is 4. The Hall–Kier alpha value is -2.24. The Morgan fingerprint density at radius 3 is 2.42 bits per heavy atom. The van der Waals surface area contributed by atoms with E-state index in [0.717, 1.165) is 30.6 Å². The number of nitrogens with zero attached hydrogens (tertiary/aromatic N) is 1. The molecule has 0 spiro atoms. The van der Waals surface area contributed by atoms with Crippen LogP contribution < -0.4 is 14.8 Å². The zero-order valence-electron chi connectivity index (χ0n) is 20.1. The van der Waals surface area contributed by atoms with E-state index in [9.17, 15) is 9.59 Å². The summed E-state index contributed by atoms with van der Waals surface area (Å²) in [5.41, 5.74) is 0.598. The molecule has 1 aliphatic rings. The molecule has 1 N–H and O–H groups in total. The second-order valence-electron chi connectivity index (χ2n) is 9.51. The number of carbonyl (C=O) groups excluding carboxylic acids is 2. The molecule has 0 bridgehead atoms. The van der Waals surface area contributed by atoms with Gasteiger partial charge in [-0.25, -0.2) is 0 Å². The van der Waals surface area contributed by atoms with Crippen LogP contribution in [0.5, 0.6) is 11.5 Å². The van der Waals surface area contributed by atoms with Crippen molar-refractivity contribution < 1.29 is 19.1 Å². The number of nitrogens with one attached hydrogen (secondary N) is 1. The highest BCUT2D eigenvalue weighted by atomic mass is 16.5. The SMILES string of the molecule is CCCCCOc1ccc(C(C)NC(=O)C2CCN(C(=O)C(C)(C)C)CC2)cc1OC. The number of hydrogen-bond donors (Lipinski definition) is 1. The van der Waals surface area contributed by atoms with Crippen molar-refractivity contribution in [2.45, 2.75) is 72.8 Å². The van der Waals surface area contributed by atoms with Gasteiger partial charge >= 0.3 is 0 Å². The van der Waals surface area contributed by atoms with Gasteiger partial charge in [0, 0.05) is 24.4 Å². The van der Waals surface area contributed by atoms with Gasteiger partial charge in [0.15, 0.2) is 11.5 Å². The molecule has 174 valence electrons. The molecule has 1 aliphatic heterocycles. The number of amides is 2. The number of methoxy groups -OCH3 is 1. The van der Waals surface area contributed by atoms with Crippen molar-refractivity contribution in [2.24, 2.45) is 11.3 Å². The maximum Gasteiger partial charge on any atom is 0.227 e. The first-order valence-corrected chi connectivity index (χ1v) is 11.6. The second kappa shape index (κ2) is 11.4. The number of likely N-dealkylation sites (tertiary alicyclic amines) is 1. The van der Waals surface area contributed by atoms with Gasteiger partial charge in [0.05, 0.1) is 19.8 Å². The number of benzene rings is 1. The van der Waals surface area contributed by atoms with Gasteiger partial charge in [-0.15, -0.1) is 0 Å². The van der Waals surface area contributed by atoms with Crippen molar-refractivity contribution >= 4 is 11.8 Å². The van der Waals surface area contributed by atoms with E-state index in [4.69, 9.17) is 9.47 Å². The van der Waals surface area contributed by atoms with Crippen LogP contribution in [0.25, 0.3) is 0 Å². The Kier molecular flexibility index (Phi) is 9.20. The molecule has 6 heteroatoms. The summed E-state index contributed by atoms with van der Waals surface area (Å²) in [6.07, 6.45) is 4.73. The Bertz CT molecular complexity index is 734. The van der Waals surface area contributed by atoms with Crippen LogP contribution in [0.15, 0.2) is 18.2 Å². The third-order valence-corrected chi connectivity index (χ3v) is 5.85. The molecule has 1 aromatic rings. The third kappa shape index (κ3) is 7.15. The van der Waals surface area contributed by atoms with Crippen LogP contribution in [0.1, 0.15) is 78.3 Å². The molecular weight excluding hydrogens is 392 g/mol. The van der Waals surface area contributed by atoms with Crippen molar-refractivity contribution in [3.05, 3.63) is 23.8 Å². The first kappa shape index (κ1) is 25.0. The molecule has 1 atom stereocenters. The normalized spacial score (nSPS) is 16.0. The first-order valence-electron chi connectivity index (χ1n) is 11.6. The number of carbonyl (C=O) groups is 2. The fraction of sp³-hybridized carbons (Fsp3) is 0.680. The fourth-order valence-corrected chi connectivity index (χ4v) is 3.84. The Labute approximate surface area is 187 Å². The van der Waals surface area contributed by atoms with Gasteiger partial charge in [0.25, 0.3) is 0 Å². The molecule has 6 nitrogen and oxygen atoms in total. The zero-order valence-corrected chi connectivity index (χ0v) is 20.1. The Balaban J connectivity index is 1.90. The van der Waals surface area contributed by atoms with E-state index < -0.39 is 0 Å². The Morgan fingerprint density at radius 1 is 1.16 bits per heavy atom. The van der Waals surface area contributed by atoms with Crippen LogP contribution in [-0.2, 0) is 9.59 Å². The predicted molar refractivity (Wildman–Crippen MR) is 123 cm³/mol. The van der Waals surface area contributed by atoms with Gasteiger partial charge in [0.1, 0.15) is 0 Å². The van der Waals surface area contributed by atoms with E-state index in [0.29, 0.717) is 38.3 Å². The largest absolute Gasteiger partial charge is 0.493 e. The van der Waals surface area contributed by atoms with Crippen LogP contribution in [0, 0.1) is 11.3 Å². The molecule has 31 heavy (non-hydrogen) atoms. The minimum Gasteiger partial charge on any atom is -0.493 e. The topological polar surface area (TPSA) is 67.9 Å². The fourth-order valence-electron chi connectivity index (χ4n) is 3.84. The highest BCUT2D eigenvalue weighted by Gasteiger charge is 2.32. The van der Waals surface area contributed by atoms with Gasteiger partial charge in [-0.3, -0.25) is 9.59 Å². The molecule has 0 radical (unpaired) electrons. The molecular formula is C25H40N2O4. The van der Waals surface area contributed by atoms with Crippen molar-refractivity contribution in [1.29, 1.82) is 0 Å². The predicted octanol–water partition coefficient (Wildman–Crippen LogP) is 4.73. The molecule has 2 rings (SSSR count). The van der Waals surface area contributed by atoms with E-state index in [1.807, 2.05) is 50.8 Å². The molecule has 0 aliphatic carbocycles. The summed E-state index contributed by atoms with van der Waals surface area (Å²) in [5.74, 6) is 1.56. The minimum atomic E-state index is -0.380. The Morgan fingerprint density at radius 2 is 1.84 bits per heavy atom. The van der Waals surface area contributed by atoms with E-state index in [1.165, 1.54) is 0 Å². The molecule has 0 aromatic heterocycles. The highest BCUT2D eigenvalue weighted by molar-refractivity contribution is 5.83. The van der Waals surface area contributed by atoms with Crippen LogP contribution in [0.2, 0.25) is 0 Å². The van der Waals surface area contributed by atoms with E-state index in [-0.39, 0.29) is 29.2 Å². The third-order valence-electron chi connectivity index (χ3n) is 5.85. The maximum absolute atomic E-state index is 12.8. The van der Waals surface area contributed by atoms with Crippen LogP contribution >= 0.6 is 0 Å². The van der Waals surface area contributed by atoms with Gasteiger partial charge in [-0.1, -0.05) is 46.6 Å².